The van der Waals surface area contributed by atoms with Crippen molar-refractivity contribution in [2.45, 2.75) is 32.3 Å². The predicted octanol–water partition coefficient (Wildman–Crippen LogP) is 3.66. The molecule has 0 saturated heterocycles. The SMILES string of the molecule is CC1=C(C2Cc3ccccc3O2)C=CCC1. The quantitative estimate of drug-likeness (QED) is 0.690. The van der Waals surface area contributed by atoms with Crippen LogP contribution in [0.15, 0.2) is 47.6 Å². The lowest BCUT2D eigenvalue weighted by atomic mass is 9.93. The van der Waals surface area contributed by atoms with Crippen LogP contribution in [0.25, 0.3) is 0 Å². The van der Waals surface area contributed by atoms with E-state index in [1.165, 1.54) is 29.6 Å². The van der Waals surface area contributed by atoms with Gasteiger partial charge in [0, 0.05) is 6.42 Å². The summed E-state index contributed by atoms with van der Waals surface area (Å²) in [5.41, 5.74) is 4.22. The summed E-state index contributed by atoms with van der Waals surface area (Å²) in [6.45, 7) is 2.23. The summed E-state index contributed by atoms with van der Waals surface area (Å²) in [5, 5.41) is 0. The van der Waals surface area contributed by atoms with E-state index in [4.69, 9.17) is 4.74 Å². The van der Waals surface area contributed by atoms with E-state index >= 15 is 0 Å². The molecule has 0 spiro atoms. The Morgan fingerprint density at radius 2 is 2.12 bits per heavy atom. The van der Waals surface area contributed by atoms with Gasteiger partial charge in [-0.2, -0.15) is 0 Å². The summed E-state index contributed by atoms with van der Waals surface area (Å²) in [5.74, 6) is 1.06. The first-order valence-corrected chi connectivity index (χ1v) is 5.95. The number of para-hydroxylation sites is 1. The van der Waals surface area contributed by atoms with Crippen molar-refractivity contribution in [3.63, 3.8) is 0 Å². The molecule has 1 heteroatoms. The number of ether oxygens (including phenoxy) is 1. The molecule has 1 aromatic rings. The maximum atomic E-state index is 6.01. The molecule has 1 unspecified atom stereocenters. The van der Waals surface area contributed by atoms with Crippen molar-refractivity contribution in [2.75, 3.05) is 0 Å². The Bertz CT molecular complexity index is 443. The van der Waals surface area contributed by atoms with Crippen molar-refractivity contribution < 1.29 is 4.74 Å². The molecule has 0 amide bonds. The van der Waals surface area contributed by atoms with E-state index in [1.54, 1.807) is 0 Å². The van der Waals surface area contributed by atoms with Crippen LogP contribution in [0, 0.1) is 0 Å². The molecule has 1 heterocycles. The number of rotatable bonds is 1. The van der Waals surface area contributed by atoms with Crippen LogP contribution in [0.2, 0.25) is 0 Å². The fourth-order valence-corrected chi connectivity index (χ4v) is 2.53. The molecule has 0 fully saturated rings. The molecule has 1 aromatic carbocycles. The van der Waals surface area contributed by atoms with Gasteiger partial charge in [-0.05, 0) is 37.0 Å². The molecule has 0 radical (unpaired) electrons. The highest BCUT2D eigenvalue weighted by molar-refractivity contribution is 5.43. The third-order valence-electron chi connectivity index (χ3n) is 3.47. The fourth-order valence-electron chi connectivity index (χ4n) is 2.53. The third kappa shape index (κ3) is 1.57. The zero-order chi connectivity index (χ0) is 11.0. The first-order valence-electron chi connectivity index (χ1n) is 5.95. The van der Waals surface area contributed by atoms with Crippen LogP contribution in [0.1, 0.15) is 25.3 Å². The topological polar surface area (TPSA) is 9.23 Å². The molecular weight excluding hydrogens is 196 g/mol. The Labute approximate surface area is 96.4 Å². The van der Waals surface area contributed by atoms with Crippen LogP contribution in [-0.4, -0.2) is 6.10 Å². The van der Waals surface area contributed by atoms with E-state index in [0.29, 0.717) is 0 Å². The van der Waals surface area contributed by atoms with Gasteiger partial charge in [-0.3, -0.25) is 0 Å². The fraction of sp³-hybridized carbons (Fsp3) is 0.333. The van der Waals surface area contributed by atoms with Crippen molar-refractivity contribution in [3.8, 4) is 5.75 Å². The van der Waals surface area contributed by atoms with E-state index < -0.39 is 0 Å². The lowest BCUT2D eigenvalue weighted by Gasteiger charge is -2.18. The zero-order valence-electron chi connectivity index (χ0n) is 9.57. The van der Waals surface area contributed by atoms with Gasteiger partial charge in [-0.1, -0.05) is 35.9 Å². The molecule has 0 N–H and O–H groups in total. The average Bonchev–Trinajstić information content (AvgIpc) is 2.73. The van der Waals surface area contributed by atoms with Crippen molar-refractivity contribution in [3.05, 3.63) is 53.1 Å². The number of allylic oxidation sites excluding steroid dienone is 2. The van der Waals surface area contributed by atoms with Crippen LogP contribution >= 0.6 is 0 Å². The average molecular weight is 212 g/mol. The van der Waals surface area contributed by atoms with Gasteiger partial charge >= 0.3 is 0 Å². The Hall–Kier alpha value is -1.50. The van der Waals surface area contributed by atoms with E-state index in [1.807, 2.05) is 6.07 Å². The minimum Gasteiger partial charge on any atom is -0.485 e. The molecule has 82 valence electrons. The highest BCUT2D eigenvalue weighted by Crippen LogP contribution is 2.34. The summed E-state index contributed by atoms with van der Waals surface area (Å²) in [7, 11) is 0. The van der Waals surface area contributed by atoms with Crippen molar-refractivity contribution >= 4 is 0 Å². The number of hydrogen-bond donors (Lipinski definition) is 0. The highest BCUT2D eigenvalue weighted by atomic mass is 16.5. The molecule has 0 saturated carbocycles. The van der Waals surface area contributed by atoms with Crippen molar-refractivity contribution in [2.24, 2.45) is 0 Å². The number of benzene rings is 1. The largest absolute Gasteiger partial charge is 0.485 e. The summed E-state index contributed by atoms with van der Waals surface area (Å²) in [6.07, 6.45) is 8.13. The van der Waals surface area contributed by atoms with Gasteiger partial charge < -0.3 is 4.74 Å². The predicted molar refractivity (Wildman–Crippen MR) is 65.6 cm³/mol. The van der Waals surface area contributed by atoms with Crippen LogP contribution in [0.3, 0.4) is 0 Å². The smallest absolute Gasteiger partial charge is 0.128 e. The summed E-state index contributed by atoms with van der Waals surface area (Å²) < 4.78 is 6.01. The molecule has 2 aliphatic rings. The molecule has 1 aliphatic heterocycles. The lowest BCUT2D eigenvalue weighted by Crippen LogP contribution is -2.17. The summed E-state index contributed by atoms with van der Waals surface area (Å²) >= 11 is 0. The molecule has 0 bridgehead atoms. The van der Waals surface area contributed by atoms with Gasteiger partial charge in [0.25, 0.3) is 0 Å². The summed E-state index contributed by atoms with van der Waals surface area (Å²) in [6, 6.07) is 8.36. The van der Waals surface area contributed by atoms with E-state index in [2.05, 4.69) is 37.3 Å². The molecule has 16 heavy (non-hydrogen) atoms. The zero-order valence-corrected chi connectivity index (χ0v) is 9.57. The third-order valence-corrected chi connectivity index (χ3v) is 3.47. The first-order chi connectivity index (χ1) is 7.84. The normalized spacial score (nSPS) is 23.2. The molecule has 0 aromatic heterocycles. The monoisotopic (exact) mass is 212 g/mol. The number of hydrogen-bond acceptors (Lipinski definition) is 1. The van der Waals surface area contributed by atoms with Crippen molar-refractivity contribution in [1.82, 2.24) is 0 Å². The minimum absolute atomic E-state index is 0.244. The van der Waals surface area contributed by atoms with Gasteiger partial charge in [-0.15, -0.1) is 0 Å². The standard InChI is InChI=1S/C15H16O/c1-11-6-2-4-8-13(11)15-10-12-7-3-5-9-14(12)16-15/h3-5,7-9,15H,2,6,10H2,1H3. The Morgan fingerprint density at radius 1 is 1.25 bits per heavy atom. The Morgan fingerprint density at radius 3 is 2.94 bits per heavy atom. The van der Waals surface area contributed by atoms with Crippen LogP contribution in [0.4, 0.5) is 0 Å². The van der Waals surface area contributed by atoms with E-state index in [-0.39, 0.29) is 6.10 Å². The molecule has 1 aliphatic carbocycles. The van der Waals surface area contributed by atoms with E-state index in [9.17, 15) is 0 Å². The van der Waals surface area contributed by atoms with Crippen molar-refractivity contribution in [1.29, 1.82) is 0 Å². The van der Waals surface area contributed by atoms with Gasteiger partial charge in [0.05, 0.1) is 0 Å². The molecule has 3 rings (SSSR count). The molecule has 1 nitrogen and oxygen atoms in total. The van der Waals surface area contributed by atoms with Crippen LogP contribution in [-0.2, 0) is 6.42 Å². The molecule has 1 atom stereocenters. The van der Waals surface area contributed by atoms with Gasteiger partial charge in [-0.25, -0.2) is 0 Å². The van der Waals surface area contributed by atoms with Crippen LogP contribution in [0.5, 0.6) is 5.75 Å². The van der Waals surface area contributed by atoms with Gasteiger partial charge in [0.1, 0.15) is 11.9 Å². The Kier molecular flexibility index (Phi) is 2.32. The second-order valence-corrected chi connectivity index (χ2v) is 4.60. The maximum absolute atomic E-state index is 6.01. The maximum Gasteiger partial charge on any atom is 0.128 e. The number of fused-ring (bicyclic) bond motifs is 1. The highest BCUT2D eigenvalue weighted by Gasteiger charge is 2.26. The van der Waals surface area contributed by atoms with Crippen LogP contribution < -0.4 is 4.74 Å². The lowest BCUT2D eigenvalue weighted by molar-refractivity contribution is 0.272. The minimum atomic E-state index is 0.244. The second-order valence-electron chi connectivity index (χ2n) is 4.60. The van der Waals surface area contributed by atoms with E-state index in [0.717, 1.165) is 12.2 Å². The summed E-state index contributed by atoms with van der Waals surface area (Å²) in [4.78, 5) is 0. The Balaban J connectivity index is 1.89. The molecular formula is C15H16O. The first kappa shape index (κ1) is 9.71. The van der Waals surface area contributed by atoms with Gasteiger partial charge in [0.15, 0.2) is 0 Å². The second kappa shape index (κ2) is 3.82. The van der Waals surface area contributed by atoms with Gasteiger partial charge in [0.2, 0.25) is 0 Å².